The SMILES string of the molecule is CC[C@H](O)COc1ccc(CCCCN=C(N)NC(=O)c2nc(Cl)c(N)nc2N)cc1. The smallest absolute Gasteiger partial charge is 0.280 e. The number of hydrogen-bond acceptors (Lipinski definition) is 8. The average molecular weight is 450 g/mol. The maximum absolute atomic E-state index is 12.2. The van der Waals surface area contributed by atoms with Crippen LogP contribution in [0.2, 0.25) is 5.15 Å². The summed E-state index contributed by atoms with van der Waals surface area (Å²) in [5, 5.41) is 11.8. The Morgan fingerprint density at radius 3 is 2.61 bits per heavy atom. The Labute approximate surface area is 185 Å². The number of aliphatic imine (C=N–C) groups is 1. The van der Waals surface area contributed by atoms with E-state index in [0.717, 1.165) is 25.0 Å². The molecule has 0 spiro atoms. The molecule has 1 atom stereocenters. The van der Waals surface area contributed by atoms with Crippen LogP contribution in [0, 0.1) is 0 Å². The van der Waals surface area contributed by atoms with Crippen molar-refractivity contribution in [2.45, 2.75) is 38.7 Å². The Balaban J connectivity index is 1.73. The van der Waals surface area contributed by atoms with Crippen LogP contribution in [-0.2, 0) is 6.42 Å². The fourth-order valence-electron chi connectivity index (χ4n) is 2.53. The van der Waals surface area contributed by atoms with Crippen molar-refractivity contribution in [2.24, 2.45) is 10.7 Å². The second-order valence-electron chi connectivity index (χ2n) is 6.83. The number of aliphatic hydroxyl groups is 1. The molecule has 0 aliphatic carbocycles. The standard InChI is InChI=1S/C20H28ClN7O3/c1-2-13(29)11-31-14-8-6-12(7-9-14)5-3-4-10-25-20(24)28-19(30)15-17(22)27-18(23)16(21)26-15/h6-9,13,29H,2-5,10-11H2,1H3,(H4,22,23,27)(H3,24,25,28,30)/t13-/m0/s1. The second kappa shape index (κ2) is 11.9. The molecule has 2 rings (SSSR count). The van der Waals surface area contributed by atoms with Gasteiger partial charge in [-0.25, -0.2) is 9.97 Å². The Morgan fingerprint density at radius 2 is 1.94 bits per heavy atom. The number of nitrogens with one attached hydrogen (secondary N) is 1. The van der Waals surface area contributed by atoms with Crippen LogP contribution in [0.25, 0.3) is 0 Å². The Bertz CT molecular complexity index is 906. The number of ether oxygens (including phenoxy) is 1. The number of unbranched alkanes of at least 4 members (excludes halogenated alkanes) is 1. The van der Waals surface area contributed by atoms with E-state index in [4.69, 9.17) is 33.5 Å². The molecule has 0 saturated heterocycles. The normalized spacial score (nSPS) is 12.4. The van der Waals surface area contributed by atoms with Crippen molar-refractivity contribution in [3.8, 4) is 5.75 Å². The molecule has 0 unspecified atom stereocenters. The zero-order chi connectivity index (χ0) is 22.8. The van der Waals surface area contributed by atoms with Gasteiger partial charge in [0.2, 0.25) is 0 Å². The van der Waals surface area contributed by atoms with E-state index < -0.39 is 12.0 Å². The van der Waals surface area contributed by atoms with Crippen molar-refractivity contribution < 1.29 is 14.6 Å². The maximum atomic E-state index is 12.2. The molecule has 1 heterocycles. The molecule has 0 aliphatic rings. The number of nitrogen functional groups attached to an aromatic ring is 2. The van der Waals surface area contributed by atoms with Gasteiger partial charge in [-0.05, 0) is 43.4 Å². The average Bonchev–Trinajstić information content (AvgIpc) is 2.75. The summed E-state index contributed by atoms with van der Waals surface area (Å²) in [5.41, 5.74) is 17.9. The summed E-state index contributed by atoms with van der Waals surface area (Å²) in [4.78, 5) is 23.8. The van der Waals surface area contributed by atoms with Crippen molar-refractivity contribution >= 4 is 35.1 Å². The molecule has 1 aromatic carbocycles. The third-order valence-corrected chi connectivity index (χ3v) is 4.63. The first kappa shape index (κ1) is 24.2. The van der Waals surface area contributed by atoms with Gasteiger partial charge in [0.15, 0.2) is 28.4 Å². The number of aromatic nitrogens is 2. The van der Waals surface area contributed by atoms with E-state index in [1.807, 2.05) is 31.2 Å². The van der Waals surface area contributed by atoms with E-state index in [-0.39, 0.29) is 35.0 Å². The number of aryl methyl sites for hydroxylation is 1. The van der Waals surface area contributed by atoms with Crippen molar-refractivity contribution in [3.63, 3.8) is 0 Å². The van der Waals surface area contributed by atoms with Gasteiger partial charge in [0.05, 0.1) is 6.10 Å². The zero-order valence-electron chi connectivity index (χ0n) is 17.3. The lowest BCUT2D eigenvalue weighted by atomic mass is 10.1. The molecular formula is C20H28ClN7O3. The molecule has 0 bridgehead atoms. The second-order valence-corrected chi connectivity index (χ2v) is 7.19. The summed E-state index contributed by atoms with van der Waals surface area (Å²) in [7, 11) is 0. The molecule has 1 amide bonds. The van der Waals surface area contributed by atoms with Crippen molar-refractivity contribution in [3.05, 3.63) is 40.7 Å². The van der Waals surface area contributed by atoms with Gasteiger partial charge in [0, 0.05) is 6.54 Å². The number of amides is 1. The molecular weight excluding hydrogens is 422 g/mol. The van der Waals surface area contributed by atoms with E-state index in [2.05, 4.69) is 20.3 Å². The van der Waals surface area contributed by atoms with E-state index in [1.165, 1.54) is 5.56 Å². The Morgan fingerprint density at radius 1 is 1.23 bits per heavy atom. The highest BCUT2D eigenvalue weighted by atomic mass is 35.5. The number of benzene rings is 1. The maximum Gasteiger partial charge on any atom is 0.280 e. The third-order valence-electron chi connectivity index (χ3n) is 4.35. The monoisotopic (exact) mass is 449 g/mol. The minimum absolute atomic E-state index is 0.0464. The van der Waals surface area contributed by atoms with Gasteiger partial charge >= 0.3 is 0 Å². The number of hydrogen-bond donors (Lipinski definition) is 5. The number of halogens is 1. The quantitative estimate of drug-likeness (QED) is 0.206. The zero-order valence-corrected chi connectivity index (χ0v) is 18.1. The van der Waals surface area contributed by atoms with E-state index in [1.54, 1.807) is 0 Å². The number of nitrogens with zero attached hydrogens (tertiary/aromatic N) is 3. The number of carbonyl (C=O) groups is 1. The first-order valence-electron chi connectivity index (χ1n) is 9.89. The van der Waals surface area contributed by atoms with Crippen LogP contribution in [0.1, 0.15) is 42.2 Å². The number of nitrogens with two attached hydrogens (primary N) is 3. The predicted octanol–water partition coefficient (Wildman–Crippen LogP) is 1.51. The summed E-state index contributed by atoms with van der Waals surface area (Å²) in [6.45, 7) is 2.64. The summed E-state index contributed by atoms with van der Waals surface area (Å²) >= 11 is 5.77. The molecule has 31 heavy (non-hydrogen) atoms. The fraction of sp³-hybridized carbons (Fsp3) is 0.400. The molecule has 0 saturated carbocycles. The fourth-order valence-corrected chi connectivity index (χ4v) is 2.65. The first-order valence-corrected chi connectivity index (χ1v) is 10.3. The van der Waals surface area contributed by atoms with Crippen LogP contribution in [0.15, 0.2) is 29.3 Å². The van der Waals surface area contributed by atoms with Crippen molar-refractivity contribution in [1.29, 1.82) is 0 Å². The largest absolute Gasteiger partial charge is 0.491 e. The minimum atomic E-state index is -0.665. The number of aliphatic hydroxyl groups excluding tert-OH is 1. The van der Waals surface area contributed by atoms with Gasteiger partial charge in [-0.2, -0.15) is 0 Å². The lowest BCUT2D eigenvalue weighted by molar-refractivity contribution is 0.0972. The molecule has 0 fully saturated rings. The van der Waals surface area contributed by atoms with Crippen molar-refractivity contribution in [2.75, 3.05) is 24.6 Å². The van der Waals surface area contributed by atoms with Crippen LogP contribution in [0.5, 0.6) is 5.75 Å². The van der Waals surface area contributed by atoms with Gasteiger partial charge in [-0.1, -0.05) is 30.7 Å². The minimum Gasteiger partial charge on any atom is -0.491 e. The van der Waals surface area contributed by atoms with Gasteiger partial charge in [0.25, 0.3) is 5.91 Å². The molecule has 0 radical (unpaired) electrons. The van der Waals surface area contributed by atoms with Crippen LogP contribution in [-0.4, -0.2) is 46.2 Å². The van der Waals surface area contributed by atoms with Gasteiger partial charge in [-0.15, -0.1) is 0 Å². The Hall–Kier alpha value is -3.11. The van der Waals surface area contributed by atoms with E-state index in [0.29, 0.717) is 13.0 Å². The highest BCUT2D eigenvalue weighted by molar-refractivity contribution is 6.31. The van der Waals surface area contributed by atoms with Gasteiger partial charge < -0.3 is 27.0 Å². The topological polar surface area (TPSA) is 175 Å². The molecule has 0 aliphatic heterocycles. The molecule has 2 aromatic rings. The number of guanidine groups is 1. The summed E-state index contributed by atoms with van der Waals surface area (Å²) in [6.07, 6.45) is 2.76. The van der Waals surface area contributed by atoms with Crippen LogP contribution in [0.3, 0.4) is 0 Å². The van der Waals surface area contributed by atoms with Gasteiger partial charge in [0.1, 0.15) is 12.4 Å². The van der Waals surface area contributed by atoms with E-state index in [9.17, 15) is 9.90 Å². The number of carbonyl (C=O) groups excluding carboxylic acids is 1. The lowest BCUT2D eigenvalue weighted by Crippen LogP contribution is -2.38. The molecule has 10 nitrogen and oxygen atoms in total. The first-order chi connectivity index (χ1) is 14.8. The van der Waals surface area contributed by atoms with Crippen LogP contribution in [0.4, 0.5) is 11.6 Å². The third kappa shape index (κ3) is 7.91. The molecule has 8 N–H and O–H groups in total. The number of rotatable bonds is 10. The highest BCUT2D eigenvalue weighted by Crippen LogP contribution is 2.17. The predicted molar refractivity (Wildman–Crippen MR) is 121 cm³/mol. The Kier molecular flexibility index (Phi) is 9.29. The van der Waals surface area contributed by atoms with Crippen LogP contribution < -0.4 is 27.3 Å². The van der Waals surface area contributed by atoms with Crippen molar-refractivity contribution in [1.82, 2.24) is 15.3 Å². The molecule has 1 aromatic heterocycles. The van der Waals surface area contributed by atoms with E-state index >= 15 is 0 Å². The number of anilines is 2. The highest BCUT2D eigenvalue weighted by Gasteiger charge is 2.16. The lowest BCUT2D eigenvalue weighted by Gasteiger charge is -2.10. The summed E-state index contributed by atoms with van der Waals surface area (Å²) in [6, 6.07) is 7.77. The van der Waals surface area contributed by atoms with Crippen LogP contribution >= 0.6 is 11.6 Å². The molecule has 168 valence electrons. The summed E-state index contributed by atoms with van der Waals surface area (Å²) < 4.78 is 5.52. The molecule has 11 heteroatoms. The van der Waals surface area contributed by atoms with Gasteiger partial charge in [-0.3, -0.25) is 15.1 Å². The summed E-state index contributed by atoms with van der Waals surface area (Å²) in [5.74, 6) is -0.186.